The molecule has 162 valence electrons. The summed E-state index contributed by atoms with van der Waals surface area (Å²) in [5.41, 5.74) is 4.96. The molecule has 7 nitrogen and oxygen atoms in total. The summed E-state index contributed by atoms with van der Waals surface area (Å²) in [5.74, 6) is 0.0642. The summed E-state index contributed by atoms with van der Waals surface area (Å²) in [6.45, 7) is 8.90. The van der Waals surface area contributed by atoms with Crippen molar-refractivity contribution < 1.29 is 9.59 Å². The first-order valence-corrected chi connectivity index (χ1v) is 10.7. The number of fused-ring (bicyclic) bond motifs is 1. The van der Waals surface area contributed by atoms with Crippen molar-refractivity contribution in [1.82, 2.24) is 19.4 Å². The van der Waals surface area contributed by atoms with Gasteiger partial charge in [0.1, 0.15) is 6.04 Å². The van der Waals surface area contributed by atoms with Gasteiger partial charge in [0.2, 0.25) is 11.8 Å². The van der Waals surface area contributed by atoms with Gasteiger partial charge < -0.3 is 14.8 Å². The van der Waals surface area contributed by atoms with E-state index in [1.165, 1.54) is 0 Å². The number of piperazine rings is 1. The van der Waals surface area contributed by atoms with Crippen molar-refractivity contribution in [2.75, 3.05) is 38.0 Å². The number of carbonyl (C=O) groups is 2. The van der Waals surface area contributed by atoms with E-state index in [4.69, 9.17) is 0 Å². The maximum atomic E-state index is 13.1. The first-order chi connectivity index (χ1) is 14.9. The van der Waals surface area contributed by atoms with Gasteiger partial charge in [0.05, 0.1) is 23.9 Å². The molecular formula is C24H29N5O2. The molecule has 1 fully saturated rings. The van der Waals surface area contributed by atoms with Crippen molar-refractivity contribution in [1.29, 1.82) is 0 Å². The van der Waals surface area contributed by atoms with Crippen LogP contribution in [0, 0.1) is 13.8 Å². The van der Waals surface area contributed by atoms with Crippen LogP contribution in [0.4, 0.5) is 5.69 Å². The zero-order valence-electron chi connectivity index (χ0n) is 18.3. The Morgan fingerprint density at radius 2 is 1.77 bits per heavy atom. The van der Waals surface area contributed by atoms with Crippen molar-refractivity contribution >= 4 is 28.5 Å². The Morgan fingerprint density at radius 1 is 1.03 bits per heavy atom. The zero-order valence-corrected chi connectivity index (χ0v) is 18.3. The highest BCUT2D eigenvalue weighted by atomic mass is 16.2. The van der Waals surface area contributed by atoms with Gasteiger partial charge in [-0.25, -0.2) is 4.98 Å². The van der Waals surface area contributed by atoms with E-state index in [1.807, 2.05) is 72.7 Å². The number of nitrogens with zero attached hydrogens (tertiary/aromatic N) is 4. The molecule has 0 saturated carbocycles. The molecule has 2 amide bonds. The molecule has 1 saturated heterocycles. The smallest absolute Gasteiger partial charge is 0.245 e. The van der Waals surface area contributed by atoms with E-state index in [-0.39, 0.29) is 17.9 Å². The van der Waals surface area contributed by atoms with Crippen molar-refractivity contribution in [3.8, 4) is 0 Å². The summed E-state index contributed by atoms with van der Waals surface area (Å²) in [6.07, 6.45) is 1.74. The molecule has 1 aliphatic rings. The predicted molar refractivity (Wildman–Crippen MR) is 122 cm³/mol. The van der Waals surface area contributed by atoms with Gasteiger partial charge >= 0.3 is 0 Å². The summed E-state index contributed by atoms with van der Waals surface area (Å²) in [5, 5.41) is 3.01. The lowest BCUT2D eigenvalue weighted by Gasteiger charge is -2.35. The second kappa shape index (κ2) is 8.89. The maximum Gasteiger partial charge on any atom is 0.245 e. The average Bonchev–Trinajstić information content (AvgIpc) is 3.20. The van der Waals surface area contributed by atoms with E-state index in [0.717, 1.165) is 27.8 Å². The second-order valence-corrected chi connectivity index (χ2v) is 8.21. The summed E-state index contributed by atoms with van der Waals surface area (Å²) < 4.78 is 1.93. The molecule has 0 spiro atoms. The Bertz CT molecular complexity index is 1100. The Hall–Kier alpha value is -3.19. The molecular weight excluding hydrogens is 390 g/mol. The van der Waals surface area contributed by atoms with Crippen LogP contribution >= 0.6 is 0 Å². The highest BCUT2D eigenvalue weighted by Crippen LogP contribution is 2.20. The number of rotatable bonds is 5. The number of para-hydroxylation sites is 2. The summed E-state index contributed by atoms with van der Waals surface area (Å²) in [4.78, 5) is 33.9. The molecule has 0 bridgehead atoms. The monoisotopic (exact) mass is 419 g/mol. The van der Waals surface area contributed by atoms with Crippen LogP contribution in [0.15, 0.2) is 48.8 Å². The number of imidazole rings is 1. The van der Waals surface area contributed by atoms with Crippen LogP contribution in [-0.2, 0) is 9.59 Å². The molecule has 3 aromatic rings. The Morgan fingerprint density at radius 3 is 2.55 bits per heavy atom. The SMILES string of the molecule is Cc1cccc(NC(=O)CN2CCN(C(=O)C(C)n3cnc4ccccc43)CC2)c1C. The van der Waals surface area contributed by atoms with Crippen LogP contribution in [0.3, 0.4) is 0 Å². The van der Waals surface area contributed by atoms with Gasteiger partial charge in [-0.1, -0.05) is 24.3 Å². The minimum Gasteiger partial charge on any atom is -0.338 e. The molecule has 1 aromatic heterocycles. The van der Waals surface area contributed by atoms with Gasteiger partial charge in [-0.15, -0.1) is 0 Å². The van der Waals surface area contributed by atoms with Crippen molar-refractivity contribution in [3.63, 3.8) is 0 Å². The minimum atomic E-state index is -0.313. The first-order valence-electron chi connectivity index (χ1n) is 10.7. The zero-order chi connectivity index (χ0) is 22.0. The third kappa shape index (κ3) is 4.46. The largest absolute Gasteiger partial charge is 0.338 e. The number of benzene rings is 2. The van der Waals surface area contributed by atoms with Crippen LogP contribution < -0.4 is 5.32 Å². The molecule has 0 radical (unpaired) electrons. The molecule has 0 aliphatic carbocycles. The fraction of sp³-hybridized carbons (Fsp3) is 0.375. The fourth-order valence-corrected chi connectivity index (χ4v) is 4.08. The fourth-order valence-electron chi connectivity index (χ4n) is 4.08. The number of carbonyl (C=O) groups excluding carboxylic acids is 2. The van der Waals surface area contributed by atoms with Gasteiger partial charge in [-0.2, -0.15) is 0 Å². The third-order valence-electron chi connectivity index (χ3n) is 6.19. The van der Waals surface area contributed by atoms with Crippen molar-refractivity contribution in [3.05, 3.63) is 59.9 Å². The number of nitrogens with one attached hydrogen (secondary N) is 1. The summed E-state index contributed by atoms with van der Waals surface area (Å²) >= 11 is 0. The van der Waals surface area contributed by atoms with Crippen LogP contribution in [-0.4, -0.2) is 63.9 Å². The quantitative estimate of drug-likeness (QED) is 0.690. The lowest BCUT2D eigenvalue weighted by Crippen LogP contribution is -2.51. The normalized spacial score (nSPS) is 15.8. The third-order valence-corrected chi connectivity index (χ3v) is 6.19. The van der Waals surface area contributed by atoms with Crippen LogP contribution in [0.5, 0.6) is 0 Å². The van der Waals surface area contributed by atoms with E-state index in [1.54, 1.807) is 6.33 Å². The van der Waals surface area contributed by atoms with Gasteiger partial charge in [0.25, 0.3) is 0 Å². The number of amides is 2. The minimum absolute atomic E-state index is 0.0215. The molecule has 1 N–H and O–H groups in total. The number of anilines is 1. The average molecular weight is 420 g/mol. The van der Waals surface area contributed by atoms with E-state index in [9.17, 15) is 9.59 Å². The molecule has 2 heterocycles. The molecule has 4 rings (SSSR count). The first kappa shape index (κ1) is 21.1. The maximum absolute atomic E-state index is 13.1. The van der Waals surface area contributed by atoms with E-state index < -0.39 is 0 Å². The summed E-state index contributed by atoms with van der Waals surface area (Å²) in [7, 11) is 0. The van der Waals surface area contributed by atoms with Crippen LogP contribution in [0.1, 0.15) is 24.1 Å². The number of aromatic nitrogens is 2. The molecule has 1 unspecified atom stereocenters. The molecule has 1 aliphatic heterocycles. The van der Waals surface area contributed by atoms with Crippen LogP contribution in [0.2, 0.25) is 0 Å². The highest BCUT2D eigenvalue weighted by Gasteiger charge is 2.27. The second-order valence-electron chi connectivity index (χ2n) is 8.21. The Kier molecular flexibility index (Phi) is 6.04. The van der Waals surface area contributed by atoms with Gasteiger partial charge in [0.15, 0.2) is 0 Å². The molecule has 1 atom stereocenters. The lowest BCUT2D eigenvalue weighted by atomic mass is 10.1. The highest BCUT2D eigenvalue weighted by molar-refractivity contribution is 5.93. The van der Waals surface area contributed by atoms with Gasteiger partial charge in [-0.05, 0) is 50.1 Å². The van der Waals surface area contributed by atoms with E-state index >= 15 is 0 Å². The summed E-state index contributed by atoms with van der Waals surface area (Å²) in [6, 6.07) is 13.4. The van der Waals surface area contributed by atoms with E-state index in [2.05, 4.69) is 15.2 Å². The van der Waals surface area contributed by atoms with E-state index in [0.29, 0.717) is 32.7 Å². The molecule has 7 heteroatoms. The predicted octanol–water partition coefficient (Wildman–Crippen LogP) is 3.00. The number of hydrogen-bond donors (Lipinski definition) is 1. The van der Waals surface area contributed by atoms with Crippen LogP contribution in [0.25, 0.3) is 11.0 Å². The number of hydrogen-bond acceptors (Lipinski definition) is 4. The molecule has 2 aromatic carbocycles. The number of aryl methyl sites for hydroxylation is 1. The van der Waals surface area contributed by atoms with Gasteiger partial charge in [-0.3, -0.25) is 14.5 Å². The molecule has 31 heavy (non-hydrogen) atoms. The topological polar surface area (TPSA) is 70.5 Å². The Labute approximate surface area is 182 Å². The standard InChI is InChI=1S/C24H29N5O2/c1-17-7-6-9-20(18(17)2)26-23(30)15-27-11-13-28(14-12-27)24(31)19(3)29-16-25-21-8-4-5-10-22(21)29/h4-10,16,19H,11-15H2,1-3H3,(H,26,30). The van der Waals surface area contributed by atoms with Gasteiger partial charge in [0, 0.05) is 31.9 Å². The van der Waals surface area contributed by atoms with Crippen molar-refractivity contribution in [2.45, 2.75) is 26.8 Å². The van der Waals surface area contributed by atoms with Crippen molar-refractivity contribution in [2.24, 2.45) is 0 Å². The lowest BCUT2D eigenvalue weighted by molar-refractivity contribution is -0.136. The Balaban J connectivity index is 1.31.